The molecule has 0 atom stereocenters. The molecule has 0 aromatic heterocycles. The van der Waals surface area contributed by atoms with Crippen LogP contribution < -0.4 is 10.1 Å². The Hall–Kier alpha value is -1.71. The molecule has 0 saturated carbocycles. The van der Waals surface area contributed by atoms with E-state index in [1.54, 1.807) is 30.3 Å². The van der Waals surface area contributed by atoms with Crippen LogP contribution in [0.3, 0.4) is 0 Å². The highest BCUT2D eigenvalue weighted by Crippen LogP contribution is 2.36. The molecule has 0 spiro atoms. The number of amides is 2. The molecule has 2 aromatic carbocycles. The summed E-state index contributed by atoms with van der Waals surface area (Å²) < 4.78 is 7.15. The Bertz CT molecular complexity index is 1110. The quantitative estimate of drug-likeness (QED) is 0.193. The molecule has 0 radical (unpaired) electrons. The molecule has 0 aliphatic carbocycles. The number of ether oxygens (including phenoxy) is 1. The molecule has 1 aliphatic rings. The standard InChI is InChI=1S/C21H14Br2Cl2N2O3S/c1-2-5-27-20(29)14(19(28)26-21(27)31)6-11-7-15(22)18(16(23)8-11)30-10-12-3-4-13(24)9-17(12)25/h2-4,6-9H,1,5,10H2,(H,26,28,31)/b14-6+. The van der Waals surface area contributed by atoms with Crippen molar-refractivity contribution in [3.05, 3.63) is 78.7 Å². The van der Waals surface area contributed by atoms with Crippen LogP contribution in [0.5, 0.6) is 5.75 Å². The van der Waals surface area contributed by atoms with E-state index < -0.39 is 11.8 Å². The topological polar surface area (TPSA) is 58.6 Å². The molecule has 31 heavy (non-hydrogen) atoms. The fourth-order valence-corrected chi connectivity index (χ4v) is 4.91. The van der Waals surface area contributed by atoms with E-state index in [1.165, 1.54) is 17.1 Å². The number of nitrogens with one attached hydrogen (secondary N) is 1. The second-order valence-corrected chi connectivity index (χ2v) is 9.30. The highest BCUT2D eigenvalue weighted by atomic mass is 79.9. The predicted octanol–water partition coefficient (Wildman–Crippen LogP) is 5.91. The van der Waals surface area contributed by atoms with Crippen molar-refractivity contribution in [3.63, 3.8) is 0 Å². The molecule has 10 heteroatoms. The van der Waals surface area contributed by atoms with Crippen LogP contribution in [0.4, 0.5) is 0 Å². The minimum absolute atomic E-state index is 0.0316. The summed E-state index contributed by atoms with van der Waals surface area (Å²) in [6.45, 7) is 4.03. The average Bonchev–Trinajstić information content (AvgIpc) is 2.69. The zero-order valence-corrected chi connectivity index (χ0v) is 21.3. The van der Waals surface area contributed by atoms with Crippen LogP contribution in [0.1, 0.15) is 11.1 Å². The largest absolute Gasteiger partial charge is 0.486 e. The van der Waals surface area contributed by atoms with Gasteiger partial charge in [-0.15, -0.1) is 6.58 Å². The fourth-order valence-electron chi connectivity index (χ4n) is 2.74. The third kappa shape index (κ3) is 5.56. The molecule has 1 heterocycles. The molecule has 160 valence electrons. The lowest BCUT2D eigenvalue weighted by molar-refractivity contribution is -0.128. The van der Waals surface area contributed by atoms with E-state index in [0.717, 1.165) is 5.56 Å². The Kier molecular flexibility index (Phi) is 7.93. The van der Waals surface area contributed by atoms with Crippen LogP contribution in [0.2, 0.25) is 10.0 Å². The first-order chi connectivity index (χ1) is 14.7. The van der Waals surface area contributed by atoms with Gasteiger partial charge in [-0.05, 0) is 80.0 Å². The minimum atomic E-state index is -0.555. The summed E-state index contributed by atoms with van der Waals surface area (Å²) in [5.41, 5.74) is 1.36. The molecule has 1 aliphatic heterocycles. The molecule has 1 N–H and O–H groups in total. The Morgan fingerprint density at radius 1 is 1.16 bits per heavy atom. The average molecular weight is 605 g/mol. The maximum absolute atomic E-state index is 12.7. The van der Waals surface area contributed by atoms with Crippen molar-refractivity contribution in [2.24, 2.45) is 0 Å². The lowest BCUT2D eigenvalue weighted by Gasteiger charge is -2.27. The van der Waals surface area contributed by atoms with Gasteiger partial charge in [-0.3, -0.25) is 19.8 Å². The molecule has 0 unspecified atom stereocenters. The molecule has 3 rings (SSSR count). The normalized spacial score (nSPS) is 15.3. The Balaban J connectivity index is 1.85. The first-order valence-electron chi connectivity index (χ1n) is 8.76. The van der Waals surface area contributed by atoms with Crippen LogP contribution in [0.15, 0.2) is 57.5 Å². The van der Waals surface area contributed by atoms with Crippen LogP contribution in [-0.4, -0.2) is 28.4 Å². The molecular formula is C21H14Br2Cl2N2O3S. The van der Waals surface area contributed by atoms with Crippen molar-refractivity contribution in [3.8, 4) is 5.75 Å². The summed E-state index contributed by atoms with van der Waals surface area (Å²) in [5, 5.41) is 3.62. The van der Waals surface area contributed by atoms with Gasteiger partial charge >= 0.3 is 0 Å². The van der Waals surface area contributed by atoms with Crippen molar-refractivity contribution >= 4 is 90.3 Å². The first-order valence-corrected chi connectivity index (χ1v) is 11.5. The molecule has 1 saturated heterocycles. The molecule has 5 nitrogen and oxygen atoms in total. The fraction of sp³-hybridized carbons (Fsp3) is 0.0952. The van der Waals surface area contributed by atoms with E-state index in [-0.39, 0.29) is 23.8 Å². The zero-order valence-electron chi connectivity index (χ0n) is 15.8. The molecule has 2 amide bonds. The summed E-state index contributed by atoms with van der Waals surface area (Å²) in [5.74, 6) is -0.499. The van der Waals surface area contributed by atoms with Gasteiger partial charge in [-0.25, -0.2) is 0 Å². The molecule has 2 aromatic rings. The lowest BCUT2D eigenvalue weighted by atomic mass is 10.1. The predicted molar refractivity (Wildman–Crippen MR) is 133 cm³/mol. The second kappa shape index (κ2) is 10.3. The van der Waals surface area contributed by atoms with E-state index in [9.17, 15) is 9.59 Å². The zero-order chi connectivity index (χ0) is 22.7. The van der Waals surface area contributed by atoms with Gasteiger partial charge in [-0.2, -0.15) is 0 Å². The van der Waals surface area contributed by atoms with E-state index >= 15 is 0 Å². The number of rotatable bonds is 6. The van der Waals surface area contributed by atoms with Gasteiger partial charge in [0.1, 0.15) is 17.9 Å². The van der Waals surface area contributed by atoms with Crippen LogP contribution in [-0.2, 0) is 16.2 Å². The highest BCUT2D eigenvalue weighted by Gasteiger charge is 2.32. The third-order valence-electron chi connectivity index (χ3n) is 4.22. The highest BCUT2D eigenvalue weighted by molar-refractivity contribution is 9.11. The number of halogens is 4. The monoisotopic (exact) mass is 602 g/mol. The van der Waals surface area contributed by atoms with Crippen molar-refractivity contribution in [2.45, 2.75) is 6.61 Å². The van der Waals surface area contributed by atoms with Gasteiger partial charge in [0.15, 0.2) is 5.11 Å². The van der Waals surface area contributed by atoms with E-state index in [2.05, 4.69) is 43.8 Å². The van der Waals surface area contributed by atoms with Gasteiger partial charge in [0, 0.05) is 22.2 Å². The SMILES string of the molecule is C=CCN1C(=O)/C(=C/c2cc(Br)c(OCc3ccc(Cl)cc3Cl)c(Br)c2)C(=O)NC1=S. The number of carbonyl (C=O) groups is 2. The Labute approximate surface area is 211 Å². The van der Waals surface area contributed by atoms with Crippen LogP contribution >= 0.6 is 67.3 Å². The van der Waals surface area contributed by atoms with Gasteiger partial charge in [0.2, 0.25) is 0 Å². The Morgan fingerprint density at radius 3 is 2.45 bits per heavy atom. The maximum atomic E-state index is 12.7. The van der Waals surface area contributed by atoms with Gasteiger partial charge in [0.25, 0.3) is 11.8 Å². The number of thiocarbonyl (C=S) groups is 1. The summed E-state index contributed by atoms with van der Waals surface area (Å²) in [6.07, 6.45) is 3.02. The molecule has 1 fully saturated rings. The Morgan fingerprint density at radius 2 is 1.84 bits per heavy atom. The van der Waals surface area contributed by atoms with Gasteiger partial charge in [-0.1, -0.05) is 35.3 Å². The number of nitrogens with zero attached hydrogens (tertiary/aromatic N) is 1. The van der Waals surface area contributed by atoms with E-state index in [1.807, 2.05) is 0 Å². The maximum Gasteiger partial charge on any atom is 0.265 e. The second-order valence-electron chi connectivity index (χ2n) is 6.36. The first kappa shape index (κ1) is 23.9. The van der Waals surface area contributed by atoms with Crippen molar-refractivity contribution in [2.75, 3.05) is 6.54 Å². The number of benzene rings is 2. The van der Waals surface area contributed by atoms with Crippen molar-refractivity contribution in [1.82, 2.24) is 10.2 Å². The molecule has 0 bridgehead atoms. The summed E-state index contributed by atoms with van der Waals surface area (Å²) in [4.78, 5) is 26.3. The summed E-state index contributed by atoms with van der Waals surface area (Å²) in [6, 6.07) is 8.65. The smallest absolute Gasteiger partial charge is 0.265 e. The lowest BCUT2D eigenvalue weighted by Crippen LogP contribution is -2.53. The number of hydrogen-bond donors (Lipinski definition) is 1. The van der Waals surface area contributed by atoms with Crippen LogP contribution in [0, 0.1) is 0 Å². The number of hydrogen-bond acceptors (Lipinski definition) is 4. The van der Waals surface area contributed by atoms with E-state index in [4.69, 9.17) is 40.2 Å². The van der Waals surface area contributed by atoms with Crippen molar-refractivity contribution in [1.29, 1.82) is 0 Å². The summed E-state index contributed by atoms with van der Waals surface area (Å²) in [7, 11) is 0. The van der Waals surface area contributed by atoms with E-state index in [0.29, 0.717) is 30.3 Å². The number of carbonyl (C=O) groups excluding carboxylic acids is 2. The third-order valence-corrected chi connectivity index (χ3v) is 6.30. The summed E-state index contributed by atoms with van der Waals surface area (Å²) >= 11 is 24.1. The van der Waals surface area contributed by atoms with Gasteiger partial charge < -0.3 is 4.74 Å². The van der Waals surface area contributed by atoms with Gasteiger partial charge in [0.05, 0.1) is 8.95 Å². The van der Waals surface area contributed by atoms with Crippen molar-refractivity contribution < 1.29 is 14.3 Å². The van der Waals surface area contributed by atoms with Crippen LogP contribution in [0.25, 0.3) is 6.08 Å². The minimum Gasteiger partial charge on any atom is -0.486 e. The molecular weight excluding hydrogens is 591 g/mol.